The second-order valence-corrected chi connectivity index (χ2v) is 6.01. The summed E-state index contributed by atoms with van der Waals surface area (Å²) in [6.45, 7) is 1.65. The van der Waals surface area contributed by atoms with Gasteiger partial charge in [-0.3, -0.25) is 10.1 Å². The Bertz CT molecular complexity index is 974. The lowest BCUT2D eigenvalue weighted by molar-refractivity contribution is -0.127. The smallest absolute Gasteiger partial charge is 0.338 e. The quantitative estimate of drug-likeness (QED) is 0.602. The highest BCUT2D eigenvalue weighted by Gasteiger charge is 2.20. The van der Waals surface area contributed by atoms with Crippen LogP contribution in [0.15, 0.2) is 60.9 Å². The van der Waals surface area contributed by atoms with Gasteiger partial charge in [-0.05, 0) is 47.2 Å². The second kappa shape index (κ2) is 9.22. The SMILES string of the molecule is C[C@H](OC(=O)c1ccc(-n2cnnn2)cc1)C(=O)NC(=O)NCc1ccccc1. The maximum absolute atomic E-state index is 12.2. The lowest BCUT2D eigenvalue weighted by atomic mass is 10.2. The highest BCUT2D eigenvalue weighted by atomic mass is 16.5. The van der Waals surface area contributed by atoms with Crippen molar-refractivity contribution in [2.75, 3.05) is 0 Å². The second-order valence-electron chi connectivity index (χ2n) is 6.01. The van der Waals surface area contributed by atoms with Gasteiger partial charge in [0, 0.05) is 6.54 Å². The first-order valence-corrected chi connectivity index (χ1v) is 8.70. The van der Waals surface area contributed by atoms with Gasteiger partial charge in [0.05, 0.1) is 11.3 Å². The Hall–Kier alpha value is -4.08. The average molecular weight is 394 g/mol. The lowest BCUT2D eigenvalue weighted by Crippen LogP contribution is -2.44. The van der Waals surface area contributed by atoms with E-state index in [1.54, 1.807) is 12.1 Å². The van der Waals surface area contributed by atoms with Gasteiger partial charge in [0.25, 0.3) is 5.91 Å². The summed E-state index contributed by atoms with van der Waals surface area (Å²) in [6, 6.07) is 14.9. The van der Waals surface area contributed by atoms with E-state index in [1.165, 1.54) is 30.1 Å². The number of carbonyl (C=O) groups excluding carboxylic acids is 3. The normalized spacial score (nSPS) is 11.3. The molecule has 10 nitrogen and oxygen atoms in total. The molecular weight excluding hydrogens is 376 g/mol. The summed E-state index contributed by atoms with van der Waals surface area (Å²) in [6.07, 6.45) is 0.270. The van der Waals surface area contributed by atoms with Gasteiger partial charge in [0.15, 0.2) is 6.10 Å². The Balaban J connectivity index is 1.48. The number of amides is 3. The summed E-state index contributed by atoms with van der Waals surface area (Å²) in [5.74, 6) is -1.42. The minimum Gasteiger partial charge on any atom is -0.449 e. The largest absolute Gasteiger partial charge is 0.449 e. The third-order valence-electron chi connectivity index (χ3n) is 3.90. The fraction of sp³-hybridized carbons (Fsp3) is 0.158. The number of imide groups is 1. The molecule has 148 valence electrons. The molecule has 0 unspecified atom stereocenters. The molecule has 1 aromatic heterocycles. The van der Waals surface area contributed by atoms with E-state index in [0.29, 0.717) is 5.69 Å². The summed E-state index contributed by atoms with van der Waals surface area (Å²) in [7, 11) is 0. The van der Waals surface area contributed by atoms with Crippen LogP contribution in [0.1, 0.15) is 22.8 Å². The van der Waals surface area contributed by atoms with Gasteiger partial charge in [-0.15, -0.1) is 5.10 Å². The number of hydrogen-bond acceptors (Lipinski definition) is 7. The van der Waals surface area contributed by atoms with Crippen LogP contribution in [0.5, 0.6) is 0 Å². The zero-order chi connectivity index (χ0) is 20.6. The van der Waals surface area contributed by atoms with Crippen molar-refractivity contribution in [3.8, 4) is 5.69 Å². The minimum absolute atomic E-state index is 0.245. The van der Waals surface area contributed by atoms with Crippen LogP contribution in [0.3, 0.4) is 0 Å². The van der Waals surface area contributed by atoms with Crippen molar-refractivity contribution in [2.45, 2.75) is 19.6 Å². The van der Waals surface area contributed by atoms with Gasteiger partial charge in [-0.2, -0.15) is 0 Å². The molecule has 2 aromatic carbocycles. The van der Waals surface area contributed by atoms with Crippen LogP contribution >= 0.6 is 0 Å². The molecule has 29 heavy (non-hydrogen) atoms. The van der Waals surface area contributed by atoms with Crippen molar-refractivity contribution in [2.24, 2.45) is 0 Å². The van der Waals surface area contributed by atoms with Crippen molar-refractivity contribution >= 4 is 17.9 Å². The van der Waals surface area contributed by atoms with E-state index in [4.69, 9.17) is 4.74 Å². The summed E-state index contributed by atoms with van der Waals surface area (Å²) in [5, 5.41) is 15.5. The Labute approximate surface area is 165 Å². The van der Waals surface area contributed by atoms with Crippen LogP contribution in [-0.4, -0.2) is 44.2 Å². The molecule has 0 radical (unpaired) electrons. The van der Waals surface area contributed by atoms with Crippen LogP contribution in [0, 0.1) is 0 Å². The number of tetrazole rings is 1. The van der Waals surface area contributed by atoms with Crippen LogP contribution < -0.4 is 10.6 Å². The van der Waals surface area contributed by atoms with Gasteiger partial charge < -0.3 is 10.1 Å². The van der Waals surface area contributed by atoms with Gasteiger partial charge in [-0.1, -0.05) is 30.3 Å². The van der Waals surface area contributed by atoms with E-state index >= 15 is 0 Å². The topological polar surface area (TPSA) is 128 Å². The maximum atomic E-state index is 12.2. The molecule has 0 fully saturated rings. The molecular formula is C19H18N6O4. The molecule has 3 rings (SSSR count). The third kappa shape index (κ3) is 5.45. The van der Waals surface area contributed by atoms with E-state index in [0.717, 1.165) is 5.56 Å². The summed E-state index contributed by atoms with van der Waals surface area (Å²) in [4.78, 5) is 36.1. The molecule has 10 heteroatoms. The number of rotatable bonds is 6. The summed E-state index contributed by atoms with van der Waals surface area (Å²) < 4.78 is 6.54. The van der Waals surface area contributed by atoms with E-state index in [-0.39, 0.29) is 12.1 Å². The molecule has 1 heterocycles. The fourth-order valence-electron chi connectivity index (χ4n) is 2.35. The molecule has 0 aliphatic carbocycles. The molecule has 0 aliphatic rings. The monoisotopic (exact) mass is 394 g/mol. The molecule has 0 aliphatic heterocycles. The van der Waals surface area contributed by atoms with E-state index in [9.17, 15) is 14.4 Å². The van der Waals surface area contributed by atoms with Crippen molar-refractivity contribution in [1.82, 2.24) is 30.8 Å². The highest BCUT2D eigenvalue weighted by molar-refractivity contribution is 5.98. The number of benzene rings is 2. The predicted octanol–water partition coefficient (Wildman–Crippen LogP) is 1.23. The highest BCUT2D eigenvalue weighted by Crippen LogP contribution is 2.10. The molecule has 0 bridgehead atoms. The number of aromatic nitrogens is 4. The first-order valence-electron chi connectivity index (χ1n) is 8.70. The van der Waals surface area contributed by atoms with Gasteiger partial charge >= 0.3 is 12.0 Å². The maximum Gasteiger partial charge on any atom is 0.338 e. The van der Waals surface area contributed by atoms with Gasteiger partial charge in [-0.25, -0.2) is 14.3 Å². The van der Waals surface area contributed by atoms with Crippen LogP contribution in [0.4, 0.5) is 4.79 Å². The van der Waals surface area contributed by atoms with Crippen molar-refractivity contribution in [3.63, 3.8) is 0 Å². The number of esters is 1. The number of ether oxygens (including phenoxy) is 1. The number of nitrogens with zero attached hydrogens (tertiary/aromatic N) is 4. The number of urea groups is 1. The number of hydrogen-bond donors (Lipinski definition) is 2. The zero-order valence-corrected chi connectivity index (χ0v) is 15.5. The molecule has 0 spiro atoms. The molecule has 1 atom stereocenters. The Morgan fingerprint density at radius 2 is 1.79 bits per heavy atom. The lowest BCUT2D eigenvalue weighted by Gasteiger charge is -2.13. The van der Waals surface area contributed by atoms with Crippen molar-refractivity contribution in [3.05, 3.63) is 72.1 Å². The molecule has 0 saturated carbocycles. The average Bonchev–Trinajstić information content (AvgIpc) is 3.28. The van der Waals surface area contributed by atoms with E-state index in [2.05, 4.69) is 26.2 Å². The fourth-order valence-corrected chi connectivity index (χ4v) is 2.35. The predicted molar refractivity (Wildman–Crippen MR) is 101 cm³/mol. The minimum atomic E-state index is -1.15. The van der Waals surface area contributed by atoms with Gasteiger partial charge in [0.2, 0.25) is 0 Å². The molecule has 3 aromatic rings. The van der Waals surface area contributed by atoms with Crippen LogP contribution in [-0.2, 0) is 16.1 Å². The van der Waals surface area contributed by atoms with Gasteiger partial charge in [0.1, 0.15) is 6.33 Å². The molecule has 3 amide bonds. The standard InChI is InChI=1S/C19H18N6O4/c1-13(17(26)22-19(28)20-11-14-5-3-2-4-6-14)29-18(27)15-7-9-16(10-8-15)25-12-21-23-24-25/h2-10,12-13H,11H2,1H3,(H2,20,22,26,28)/t13-/m0/s1. The van der Waals surface area contributed by atoms with Crippen molar-refractivity contribution < 1.29 is 19.1 Å². The van der Waals surface area contributed by atoms with E-state index in [1.807, 2.05) is 30.3 Å². The Morgan fingerprint density at radius 1 is 1.07 bits per heavy atom. The van der Waals surface area contributed by atoms with Crippen molar-refractivity contribution in [1.29, 1.82) is 0 Å². The van der Waals surface area contributed by atoms with Crippen LogP contribution in [0.25, 0.3) is 5.69 Å². The molecule has 2 N–H and O–H groups in total. The van der Waals surface area contributed by atoms with Crippen LogP contribution in [0.2, 0.25) is 0 Å². The van der Waals surface area contributed by atoms with E-state index < -0.39 is 24.0 Å². The third-order valence-corrected chi connectivity index (χ3v) is 3.90. The Kier molecular flexibility index (Phi) is 6.25. The first-order chi connectivity index (χ1) is 14.0. The number of nitrogens with one attached hydrogen (secondary N) is 2. The summed E-state index contributed by atoms with van der Waals surface area (Å²) >= 11 is 0. The number of carbonyl (C=O) groups is 3. The Morgan fingerprint density at radius 3 is 2.45 bits per heavy atom. The first kappa shape index (κ1) is 19.7. The molecule has 0 saturated heterocycles. The summed E-state index contributed by atoms with van der Waals surface area (Å²) in [5.41, 5.74) is 1.79. The zero-order valence-electron chi connectivity index (χ0n) is 15.5.